The van der Waals surface area contributed by atoms with Crippen molar-refractivity contribution in [2.24, 2.45) is 0 Å². The molecule has 0 aliphatic rings. The van der Waals surface area contributed by atoms with E-state index < -0.39 is 17.8 Å². The van der Waals surface area contributed by atoms with Crippen LogP contribution in [0.25, 0.3) is 0 Å². The Morgan fingerprint density at radius 1 is 1.43 bits per heavy atom. The molecule has 0 saturated heterocycles. The Hall–Kier alpha value is -2.42. The lowest BCUT2D eigenvalue weighted by Gasteiger charge is -2.06. The summed E-state index contributed by atoms with van der Waals surface area (Å²) in [5.74, 6) is -0.407. The van der Waals surface area contributed by atoms with Crippen molar-refractivity contribution >= 4 is 11.6 Å². The zero-order chi connectivity index (χ0) is 15.5. The number of methoxy groups -OCH3 is 1. The van der Waals surface area contributed by atoms with E-state index in [0.29, 0.717) is 0 Å². The molecule has 2 aromatic rings. The van der Waals surface area contributed by atoms with Crippen molar-refractivity contribution in [2.45, 2.75) is 12.8 Å². The molecular formula is C12H10F3N3O3. The monoisotopic (exact) mass is 301 g/mol. The predicted octanol–water partition coefficient (Wildman–Crippen LogP) is 2.49. The van der Waals surface area contributed by atoms with Crippen molar-refractivity contribution < 1.29 is 27.1 Å². The lowest BCUT2D eigenvalue weighted by Crippen LogP contribution is -2.14. The van der Waals surface area contributed by atoms with Crippen molar-refractivity contribution in [2.75, 3.05) is 12.4 Å². The van der Waals surface area contributed by atoms with Crippen molar-refractivity contribution in [3.8, 4) is 0 Å². The molecule has 2 aromatic heterocycles. The Kier molecular flexibility index (Phi) is 4.22. The van der Waals surface area contributed by atoms with Gasteiger partial charge in [-0.25, -0.2) is 9.97 Å². The van der Waals surface area contributed by atoms with Crippen LogP contribution >= 0.6 is 0 Å². The van der Waals surface area contributed by atoms with E-state index in [1.165, 1.54) is 7.11 Å². The van der Waals surface area contributed by atoms with Crippen LogP contribution in [0.3, 0.4) is 0 Å². The molecule has 6 nitrogen and oxygen atoms in total. The summed E-state index contributed by atoms with van der Waals surface area (Å²) in [4.78, 5) is 18.9. The third-order valence-corrected chi connectivity index (χ3v) is 2.36. The highest BCUT2D eigenvalue weighted by Crippen LogP contribution is 2.27. The summed E-state index contributed by atoms with van der Waals surface area (Å²) < 4.78 is 46.8. The number of alkyl halides is 3. The molecule has 0 aliphatic heterocycles. The van der Waals surface area contributed by atoms with Crippen LogP contribution < -0.4 is 5.32 Å². The van der Waals surface area contributed by atoms with Crippen molar-refractivity contribution in [3.63, 3.8) is 0 Å². The highest BCUT2D eigenvalue weighted by atomic mass is 19.4. The van der Waals surface area contributed by atoms with Crippen LogP contribution in [0.1, 0.15) is 22.1 Å². The Balaban J connectivity index is 2.05. The first-order chi connectivity index (χ1) is 9.90. The number of anilines is 1. The molecule has 112 valence electrons. The molecule has 1 N–H and O–H groups in total. The van der Waals surface area contributed by atoms with Gasteiger partial charge in [0, 0.05) is 7.11 Å². The summed E-state index contributed by atoms with van der Waals surface area (Å²) >= 11 is 0. The summed E-state index contributed by atoms with van der Waals surface area (Å²) in [5, 5.41) is 2.36. The zero-order valence-corrected chi connectivity index (χ0v) is 10.8. The van der Waals surface area contributed by atoms with Crippen LogP contribution in [0.4, 0.5) is 18.9 Å². The second-order valence-corrected chi connectivity index (χ2v) is 3.94. The standard InChI is InChI=1S/C12H10F3N3O3/c1-20-6-10-18-8(5-21-10)11(19)17-7-2-3-9(16-4-7)12(13,14)15/h2-5H,6H2,1H3,(H,17,19). The molecule has 9 heteroatoms. The number of amides is 1. The molecular weight excluding hydrogens is 291 g/mol. The summed E-state index contributed by atoms with van der Waals surface area (Å²) in [6.07, 6.45) is -2.48. The summed E-state index contributed by atoms with van der Waals surface area (Å²) in [6, 6.07) is 1.87. The molecule has 0 spiro atoms. The molecule has 0 unspecified atom stereocenters. The number of pyridine rings is 1. The van der Waals surface area contributed by atoms with E-state index in [2.05, 4.69) is 15.3 Å². The number of halogens is 3. The maximum absolute atomic E-state index is 12.3. The fraction of sp³-hybridized carbons (Fsp3) is 0.250. The molecule has 0 saturated carbocycles. The number of hydrogen-bond acceptors (Lipinski definition) is 5. The molecule has 2 heterocycles. The summed E-state index contributed by atoms with van der Waals surface area (Å²) in [6.45, 7) is 0.106. The van der Waals surface area contributed by atoms with Gasteiger partial charge in [0.2, 0.25) is 5.89 Å². The minimum Gasteiger partial charge on any atom is -0.446 e. The van der Waals surface area contributed by atoms with Crippen molar-refractivity contribution in [1.29, 1.82) is 0 Å². The predicted molar refractivity (Wildman–Crippen MR) is 64.4 cm³/mol. The van der Waals surface area contributed by atoms with E-state index in [4.69, 9.17) is 9.15 Å². The highest BCUT2D eigenvalue weighted by Gasteiger charge is 2.32. The van der Waals surface area contributed by atoms with E-state index in [1.54, 1.807) is 0 Å². The number of carbonyl (C=O) groups excluding carboxylic acids is 1. The number of hydrogen-bond donors (Lipinski definition) is 1. The van der Waals surface area contributed by atoms with E-state index in [-0.39, 0.29) is 23.9 Å². The van der Waals surface area contributed by atoms with E-state index in [1.807, 2.05) is 0 Å². The van der Waals surface area contributed by atoms with Crippen LogP contribution in [0.2, 0.25) is 0 Å². The van der Waals surface area contributed by atoms with Gasteiger partial charge in [-0.3, -0.25) is 4.79 Å². The van der Waals surface area contributed by atoms with Crippen molar-refractivity contribution in [1.82, 2.24) is 9.97 Å². The zero-order valence-electron chi connectivity index (χ0n) is 10.8. The second-order valence-electron chi connectivity index (χ2n) is 3.94. The number of ether oxygens (including phenoxy) is 1. The molecule has 2 rings (SSSR count). The van der Waals surface area contributed by atoms with Gasteiger partial charge in [0.15, 0.2) is 5.69 Å². The number of rotatable bonds is 4. The van der Waals surface area contributed by atoms with E-state index in [0.717, 1.165) is 24.6 Å². The largest absolute Gasteiger partial charge is 0.446 e. The van der Waals surface area contributed by atoms with Crippen LogP contribution in [-0.2, 0) is 17.5 Å². The van der Waals surface area contributed by atoms with Gasteiger partial charge in [-0.15, -0.1) is 0 Å². The topological polar surface area (TPSA) is 77.2 Å². The maximum atomic E-state index is 12.3. The summed E-state index contributed by atoms with van der Waals surface area (Å²) in [7, 11) is 1.44. The Labute approximate surface area is 117 Å². The SMILES string of the molecule is COCc1nc(C(=O)Nc2ccc(C(F)(F)F)nc2)co1. The van der Waals surface area contributed by atoms with E-state index >= 15 is 0 Å². The Bertz CT molecular complexity index is 623. The van der Waals surface area contributed by atoms with Crippen LogP contribution in [0.5, 0.6) is 0 Å². The van der Waals surface area contributed by atoms with Crippen LogP contribution in [-0.4, -0.2) is 23.0 Å². The molecule has 0 atom stereocenters. The average molecular weight is 301 g/mol. The third-order valence-electron chi connectivity index (χ3n) is 2.36. The number of nitrogens with zero attached hydrogens (tertiary/aromatic N) is 2. The first-order valence-electron chi connectivity index (χ1n) is 5.68. The molecule has 0 bridgehead atoms. The fourth-order valence-electron chi connectivity index (χ4n) is 1.44. The molecule has 0 aliphatic carbocycles. The normalized spacial score (nSPS) is 11.4. The molecule has 0 radical (unpaired) electrons. The third kappa shape index (κ3) is 3.78. The number of aromatic nitrogens is 2. The lowest BCUT2D eigenvalue weighted by atomic mass is 10.3. The Morgan fingerprint density at radius 2 is 2.19 bits per heavy atom. The number of nitrogens with one attached hydrogen (secondary N) is 1. The minimum atomic E-state index is -4.52. The number of carbonyl (C=O) groups is 1. The van der Waals surface area contributed by atoms with Gasteiger partial charge >= 0.3 is 6.18 Å². The van der Waals surface area contributed by atoms with Gasteiger partial charge in [0.25, 0.3) is 5.91 Å². The quantitative estimate of drug-likeness (QED) is 0.938. The van der Waals surface area contributed by atoms with Gasteiger partial charge in [0.05, 0.1) is 11.9 Å². The van der Waals surface area contributed by atoms with Gasteiger partial charge in [-0.05, 0) is 12.1 Å². The van der Waals surface area contributed by atoms with Gasteiger partial charge in [-0.2, -0.15) is 13.2 Å². The number of oxazole rings is 1. The molecule has 1 amide bonds. The van der Waals surface area contributed by atoms with Crippen molar-refractivity contribution in [3.05, 3.63) is 41.9 Å². The smallest absolute Gasteiger partial charge is 0.433 e. The van der Waals surface area contributed by atoms with Gasteiger partial charge < -0.3 is 14.5 Å². The highest BCUT2D eigenvalue weighted by molar-refractivity contribution is 6.02. The van der Waals surface area contributed by atoms with Crippen LogP contribution in [0, 0.1) is 0 Å². The molecule has 0 aromatic carbocycles. The average Bonchev–Trinajstić information content (AvgIpc) is 2.87. The van der Waals surface area contributed by atoms with Crippen LogP contribution in [0.15, 0.2) is 29.0 Å². The van der Waals surface area contributed by atoms with E-state index in [9.17, 15) is 18.0 Å². The summed E-state index contributed by atoms with van der Waals surface area (Å²) in [5.41, 5.74) is -0.935. The fourth-order valence-corrected chi connectivity index (χ4v) is 1.44. The first-order valence-corrected chi connectivity index (χ1v) is 5.68. The maximum Gasteiger partial charge on any atom is 0.433 e. The lowest BCUT2D eigenvalue weighted by molar-refractivity contribution is -0.141. The first kappa shape index (κ1) is 15.0. The van der Waals surface area contributed by atoms with Gasteiger partial charge in [-0.1, -0.05) is 0 Å². The van der Waals surface area contributed by atoms with Gasteiger partial charge in [0.1, 0.15) is 18.6 Å². The Morgan fingerprint density at radius 3 is 2.76 bits per heavy atom. The molecule has 21 heavy (non-hydrogen) atoms. The second kappa shape index (κ2) is 5.92. The molecule has 0 fully saturated rings. The minimum absolute atomic E-state index is 0.0121.